The monoisotopic (exact) mass is 293 g/mol. The number of nitrogen functional groups attached to an aromatic ring is 2. The van der Waals surface area contributed by atoms with Crippen LogP contribution in [0, 0.1) is 17.2 Å². The fourth-order valence-corrected chi connectivity index (χ4v) is 1.00. The molecule has 11 heteroatoms. The minimum atomic E-state index is 0.0324. The molecule has 0 aliphatic rings. The highest BCUT2D eigenvalue weighted by atomic mass is 16.6. The number of hydrogen-bond donors (Lipinski definition) is 3. The van der Waals surface area contributed by atoms with Crippen LogP contribution in [-0.4, -0.2) is 33.0 Å². The van der Waals surface area contributed by atoms with Crippen molar-refractivity contribution in [3.63, 3.8) is 0 Å². The van der Waals surface area contributed by atoms with Crippen LogP contribution in [0.25, 0.3) is 0 Å². The normalized spacial score (nSPS) is 10.9. The van der Waals surface area contributed by atoms with Crippen molar-refractivity contribution in [3.8, 4) is 6.07 Å². The van der Waals surface area contributed by atoms with Crippen LogP contribution >= 0.6 is 0 Å². The first-order valence-corrected chi connectivity index (χ1v) is 5.82. The number of aliphatic imine (C=N–C) groups is 1. The van der Waals surface area contributed by atoms with Crippen molar-refractivity contribution < 1.29 is 9.26 Å². The molecule has 0 aliphatic heterocycles. The molecule has 0 saturated heterocycles. The maximum atomic E-state index is 8.11. The quantitative estimate of drug-likeness (QED) is 0.492. The van der Waals surface area contributed by atoms with Gasteiger partial charge in [0.1, 0.15) is 6.07 Å². The van der Waals surface area contributed by atoms with Gasteiger partial charge in [-0.25, -0.2) is 9.26 Å². The van der Waals surface area contributed by atoms with Gasteiger partial charge in [0.15, 0.2) is 17.3 Å². The number of nitrogens with zero attached hydrogens (tertiary/aromatic N) is 6. The molecule has 2 rings (SSSR count). The fraction of sp³-hybridized carbons (Fsp3) is 0.400. The first kappa shape index (κ1) is 15.9. The van der Waals surface area contributed by atoms with E-state index >= 15 is 0 Å². The van der Waals surface area contributed by atoms with Gasteiger partial charge in [-0.15, -0.1) is 0 Å². The first-order chi connectivity index (χ1) is 9.95. The lowest BCUT2D eigenvalue weighted by Gasteiger charge is -1.99. The summed E-state index contributed by atoms with van der Waals surface area (Å²) in [4.78, 5) is 4.08. The summed E-state index contributed by atoms with van der Waals surface area (Å²) < 4.78 is 8.48. The van der Waals surface area contributed by atoms with E-state index in [1.54, 1.807) is 6.07 Å². The lowest BCUT2D eigenvalue weighted by Crippen LogP contribution is -2.17. The molecule has 0 aliphatic carbocycles. The number of hydrogen-bond acceptors (Lipinski definition) is 10. The Kier molecular flexibility index (Phi) is 5.63. The van der Waals surface area contributed by atoms with E-state index in [4.69, 9.17) is 22.5 Å². The average Bonchev–Trinajstić information content (AvgIpc) is 3.05. The van der Waals surface area contributed by atoms with Gasteiger partial charge in [0.25, 0.3) is 0 Å². The minimum absolute atomic E-state index is 0.0324. The SMILES string of the molecule is CC(C)CN=C(N)c1nonc1N.N#Cc1nonc1N. The summed E-state index contributed by atoms with van der Waals surface area (Å²) in [7, 11) is 0. The third-order valence-electron chi connectivity index (χ3n) is 2.00. The Labute approximate surface area is 119 Å². The fourth-order valence-electron chi connectivity index (χ4n) is 1.00. The summed E-state index contributed by atoms with van der Waals surface area (Å²) >= 11 is 0. The minimum Gasteiger partial charge on any atom is -0.382 e. The van der Waals surface area contributed by atoms with E-state index in [1.165, 1.54) is 0 Å². The lowest BCUT2D eigenvalue weighted by atomic mass is 10.2. The van der Waals surface area contributed by atoms with Crippen LogP contribution in [0.2, 0.25) is 0 Å². The Balaban J connectivity index is 0.000000235. The second-order valence-corrected chi connectivity index (χ2v) is 4.23. The lowest BCUT2D eigenvalue weighted by molar-refractivity contribution is 0.307. The summed E-state index contributed by atoms with van der Waals surface area (Å²) in [6.45, 7) is 4.72. The largest absolute Gasteiger partial charge is 0.382 e. The maximum absolute atomic E-state index is 8.11. The molecular formula is C10H15N9O2. The standard InChI is InChI=1S/C7H13N5O.C3H2N4O/c1-4(2)3-10-6(8)5-7(9)12-13-11-5;4-1-2-3(5)7-8-6-2/h4H,3H2,1-2H3,(H2,8,10)(H2,9,12);(H2,5,7). The zero-order valence-electron chi connectivity index (χ0n) is 11.5. The third-order valence-corrected chi connectivity index (χ3v) is 2.00. The maximum Gasteiger partial charge on any atom is 0.228 e. The molecule has 0 radical (unpaired) electrons. The first-order valence-electron chi connectivity index (χ1n) is 5.82. The number of rotatable bonds is 3. The molecule has 2 aromatic heterocycles. The van der Waals surface area contributed by atoms with Gasteiger partial charge in [0, 0.05) is 6.54 Å². The van der Waals surface area contributed by atoms with Crippen molar-refractivity contribution in [2.24, 2.45) is 16.6 Å². The summed E-state index contributed by atoms with van der Waals surface area (Å²) in [5, 5.41) is 21.4. The summed E-state index contributed by atoms with van der Waals surface area (Å²) in [5.41, 5.74) is 16.4. The van der Waals surface area contributed by atoms with E-state index in [-0.39, 0.29) is 23.2 Å². The molecule has 21 heavy (non-hydrogen) atoms. The zero-order valence-corrected chi connectivity index (χ0v) is 11.5. The van der Waals surface area contributed by atoms with Crippen molar-refractivity contribution in [2.45, 2.75) is 13.8 Å². The molecule has 112 valence electrons. The molecule has 2 aromatic rings. The van der Waals surface area contributed by atoms with Gasteiger partial charge in [0.05, 0.1) is 0 Å². The molecule has 0 atom stereocenters. The second-order valence-electron chi connectivity index (χ2n) is 4.23. The van der Waals surface area contributed by atoms with Crippen LogP contribution in [0.3, 0.4) is 0 Å². The highest BCUT2D eigenvalue weighted by Gasteiger charge is 2.09. The second kappa shape index (κ2) is 7.43. The molecule has 6 N–H and O–H groups in total. The van der Waals surface area contributed by atoms with Crippen LogP contribution in [0.4, 0.5) is 11.6 Å². The number of aromatic nitrogens is 4. The topological polar surface area (TPSA) is 192 Å². The predicted octanol–water partition coefficient (Wildman–Crippen LogP) is -0.463. The van der Waals surface area contributed by atoms with E-state index in [1.807, 2.05) is 13.8 Å². The summed E-state index contributed by atoms with van der Waals surface area (Å²) in [6, 6.07) is 1.68. The van der Waals surface area contributed by atoms with Crippen LogP contribution in [0.1, 0.15) is 25.2 Å². The molecule has 0 aromatic carbocycles. The third kappa shape index (κ3) is 4.78. The van der Waals surface area contributed by atoms with E-state index in [9.17, 15) is 0 Å². The Morgan fingerprint density at radius 1 is 1.19 bits per heavy atom. The Bertz CT molecular complexity index is 637. The van der Waals surface area contributed by atoms with Crippen molar-refractivity contribution in [1.29, 1.82) is 5.26 Å². The molecule has 11 nitrogen and oxygen atoms in total. The molecule has 2 heterocycles. The van der Waals surface area contributed by atoms with Crippen molar-refractivity contribution in [2.75, 3.05) is 18.0 Å². The van der Waals surface area contributed by atoms with Gasteiger partial charge < -0.3 is 17.2 Å². The predicted molar refractivity (Wildman–Crippen MR) is 72.6 cm³/mol. The Morgan fingerprint density at radius 3 is 2.19 bits per heavy atom. The molecule has 0 fully saturated rings. The average molecular weight is 293 g/mol. The van der Waals surface area contributed by atoms with E-state index < -0.39 is 0 Å². The van der Waals surface area contributed by atoms with Gasteiger partial charge in [0.2, 0.25) is 11.5 Å². The Morgan fingerprint density at radius 2 is 1.81 bits per heavy atom. The number of anilines is 2. The van der Waals surface area contributed by atoms with Gasteiger partial charge in [-0.3, -0.25) is 4.99 Å². The molecule has 0 spiro atoms. The smallest absolute Gasteiger partial charge is 0.228 e. The van der Waals surface area contributed by atoms with E-state index in [2.05, 4.69) is 34.9 Å². The molecule has 0 bridgehead atoms. The summed E-state index contributed by atoms with van der Waals surface area (Å²) in [6.07, 6.45) is 0. The molecule has 0 unspecified atom stereocenters. The van der Waals surface area contributed by atoms with Gasteiger partial charge in [-0.2, -0.15) is 5.26 Å². The summed E-state index contributed by atoms with van der Waals surface area (Å²) in [5.74, 6) is 0.921. The van der Waals surface area contributed by atoms with E-state index in [0.717, 1.165) is 0 Å². The number of nitrogens with two attached hydrogens (primary N) is 3. The highest BCUT2D eigenvalue weighted by Crippen LogP contribution is 2.03. The van der Waals surface area contributed by atoms with Crippen molar-refractivity contribution in [1.82, 2.24) is 20.6 Å². The number of amidine groups is 1. The zero-order chi connectivity index (χ0) is 15.8. The van der Waals surface area contributed by atoms with Gasteiger partial charge in [-0.05, 0) is 26.5 Å². The van der Waals surface area contributed by atoms with E-state index in [0.29, 0.717) is 18.2 Å². The highest BCUT2D eigenvalue weighted by molar-refractivity contribution is 5.99. The number of nitriles is 1. The molecule has 0 saturated carbocycles. The van der Waals surface area contributed by atoms with Crippen molar-refractivity contribution >= 4 is 17.5 Å². The van der Waals surface area contributed by atoms with Crippen LogP contribution < -0.4 is 17.2 Å². The van der Waals surface area contributed by atoms with Gasteiger partial charge in [-0.1, -0.05) is 13.8 Å². The van der Waals surface area contributed by atoms with Crippen LogP contribution in [0.15, 0.2) is 14.3 Å². The molecule has 0 amide bonds. The van der Waals surface area contributed by atoms with Gasteiger partial charge >= 0.3 is 0 Å². The van der Waals surface area contributed by atoms with Crippen LogP contribution in [0.5, 0.6) is 0 Å². The van der Waals surface area contributed by atoms with Crippen LogP contribution in [-0.2, 0) is 0 Å². The van der Waals surface area contributed by atoms with Crippen molar-refractivity contribution in [3.05, 3.63) is 11.4 Å². The molecular weight excluding hydrogens is 278 g/mol. The Hall–Kier alpha value is -3.16.